The largest absolute Gasteiger partial charge is 0.356 e. The molecule has 0 aliphatic carbocycles. The van der Waals surface area contributed by atoms with Gasteiger partial charge < -0.3 is 10.6 Å². The minimum atomic E-state index is -3.08. The number of nitrogens with one attached hydrogen (secondary N) is 2. The van der Waals surface area contributed by atoms with Gasteiger partial charge in [-0.1, -0.05) is 31.5 Å². The maximum atomic E-state index is 13.3. The van der Waals surface area contributed by atoms with Gasteiger partial charge in [0.25, 0.3) is 0 Å². The highest BCUT2D eigenvalue weighted by molar-refractivity contribution is 14.0. The smallest absolute Gasteiger partial charge is 0.214 e. The molecular formula is C17H27ClFIN4O2S. The van der Waals surface area contributed by atoms with Gasteiger partial charge in [0, 0.05) is 43.7 Å². The zero-order valence-corrected chi connectivity index (χ0v) is 19.7. The molecule has 1 aromatic carbocycles. The molecule has 1 saturated heterocycles. The van der Waals surface area contributed by atoms with Crippen molar-refractivity contribution in [3.05, 3.63) is 34.6 Å². The van der Waals surface area contributed by atoms with Gasteiger partial charge in [-0.3, -0.25) is 4.99 Å². The molecule has 0 spiro atoms. The fraction of sp³-hybridized carbons (Fsp3) is 0.588. The van der Waals surface area contributed by atoms with E-state index in [0.29, 0.717) is 43.6 Å². The first-order valence-corrected chi connectivity index (χ1v) is 10.5. The van der Waals surface area contributed by atoms with Crippen LogP contribution in [0.25, 0.3) is 0 Å². The van der Waals surface area contributed by atoms with Crippen molar-refractivity contribution in [3.63, 3.8) is 0 Å². The SMILES string of the molecule is CN=C(NCCN1CCCS1(=O)=O)NCC(C)(C)c1ccc(F)cc1Cl.I. The molecule has 2 rings (SSSR count). The first kappa shape index (κ1) is 24.4. The Balaban J connectivity index is 0.00000364. The third kappa shape index (κ3) is 6.72. The van der Waals surface area contributed by atoms with Gasteiger partial charge in [0.05, 0.1) is 5.75 Å². The summed E-state index contributed by atoms with van der Waals surface area (Å²) in [6, 6.07) is 4.39. The predicted octanol–water partition coefficient (Wildman–Crippen LogP) is 2.58. The summed E-state index contributed by atoms with van der Waals surface area (Å²) >= 11 is 6.17. The lowest BCUT2D eigenvalue weighted by Gasteiger charge is -2.28. The summed E-state index contributed by atoms with van der Waals surface area (Å²) in [5.74, 6) is 0.441. The highest BCUT2D eigenvalue weighted by Crippen LogP contribution is 2.29. The molecule has 0 amide bonds. The second-order valence-electron chi connectivity index (χ2n) is 6.93. The summed E-state index contributed by atoms with van der Waals surface area (Å²) in [5.41, 5.74) is 0.493. The number of sulfonamides is 1. The van der Waals surface area contributed by atoms with Crippen molar-refractivity contribution in [1.29, 1.82) is 0 Å². The average Bonchev–Trinajstić information content (AvgIpc) is 2.88. The van der Waals surface area contributed by atoms with E-state index in [9.17, 15) is 12.8 Å². The van der Waals surface area contributed by atoms with Crippen LogP contribution in [0.5, 0.6) is 0 Å². The van der Waals surface area contributed by atoms with Gasteiger partial charge in [0.1, 0.15) is 5.82 Å². The minimum Gasteiger partial charge on any atom is -0.356 e. The Morgan fingerprint density at radius 3 is 2.63 bits per heavy atom. The van der Waals surface area contributed by atoms with E-state index in [1.165, 1.54) is 16.4 Å². The molecule has 0 aromatic heterocycles. The molecule has 10 heteroatoms. The van der Waals surface area contributed by atoms with Crippen LogP contribution in [0.3, 0.4) is 0 Å². The van der Waals surface area contributed by atoms with Crippen LogP contribution >= 0.6 is 35.6 Å². The maximum absolute atomic E-state index is 13.3. The quantitative estimate of drug-likeness (QED) is 0.336. The van der Waals surface area contributed by atoms with Gasteiger partial charge >= 0.3 is 0 Å². The zero-order chi connectivity index (χ0) is 19.4. The third-order valence-corrected chi connectivity index (χ3v) is 6.71. The Bertz CT molecular complexity index is 774. The summed E-state index contributed by atoms with van der Waals surface area (Å²) in [6.45, 7) is 5.99. The Morgan fingerprint density at radius 1 is 1.37 bits per heavy atom. The molecule has 0 bridgehead atoms. The van der Waals surface area contributed by atoms with Gasteiger partial charge in [-0.15, -0.1) is 24.0 Å². The van der Waals surface area contributed by atoms with Crippen molar-refractivity contribution in [3.8, 4) is 0 Å². The van der Waals surface area contributed by atoms with E-state index in [4.69, 9.17) is 11.6 Å². The predicted molar refractivity (Wildman–Crippen MR) is 119 cm³/mol. The molecule has 1 fully saturated rings. The first-order valence-electron chi connectivity index (χ1n) is 8.53. The molecule has 0 saturated carbocycles. The number of nitrogens with zero attached hydrogens (tertiary/aromatic N) is 2. The Hall–Kier alpha value is -0.650. The van der Waals surface area contributed by atoms with Crippen molar-refractivity contribution in [2.45, 2.75) is 25.7 Å². The standard InChI is InChI=1S/C17H26ClFN4O2S.HI/c1-17(2,14-6-5-13(19)11-15(14)18)12-22-16(20-3)21-7-9-23-8-4-10-26(23,24)25;/h5-6,11H,4,7-10,12H2,1-3H3,(H2,20,21,22);1H. The molecule has 1 aliphatic heterocycles. The zero-order valence-electron chi connectivity index (χ0n) is 15.8. The van der Waals surface area contributed by atoms with Gasteiger partial charge in [-0.2, -0.15) is 0 Å². The van der Waals surface area contributed by atoms with Crippen LogP contribution in [-0.4, -0.2) is 57.7 Å². The Morgan fingerprint density at radius 2 is 2.07 bits per heavy atom. The maximum Gasteiger partial charge on any atom is 0.214 e. The second kappa shape index (κ2) is 10.2. The van der Waals surface area contributed by atoms with E-state index in [0.717, 1.165) is 5.56 Å². The van der Waals surface area contributed by atoms with Crippen molar-refractivity contribution in [1.82, 2.24) is 14.9 Å². The second-order valence-corrected chi connectivity index (χ2v) is 9.42. The summed E-state index contributed by atoms with van der Waals surface area (Å²) in [5, 5.41) is 6.72. The molecule has 1 aromatic rings. The van der Waals surface area contributed by atoms with E-state index < -0.39 is 10.0 Å². The molecule has 0 unspecified atom stereocenters. The van der Waals surface area contributed by atoms with Crippen molar-refractivity contribution in [2.75, 3.05) is 39.0 Å². The highest BCUT2D eigenvalue weighted by Gasteiger charge is 2.27. The van der Waals surface area contributed by atoms with Crippen LogP contribution in [0.4, 0.5) is 4.39 Å². The van der Waals surface area contributed by atoms with Crippen molar-refractivity contribution >= 4 is 51.6 Å². The van der Waals surface area contributed by atoms with Crippen LogP contribution in [0.15, 0.2) is 23.2 Å². The van der Waals surface area contributed by atoms with Gasteiger partial charge in [-0.25, -0.2) is 17.1 Å². The number of guanidine groups is 1. The van der Waals surface area contributed by atoms with Crippen LogP contribution < -0.4 is 10.6 Å². The number of halogens is 3. The minimum absolute atomic E-state index is 0. The molecule has 6 nitrogen and oxygen atoms in total. The molecule has 1 heterocycles. The summed E-state index contributed by atoms with van der Waals surface area (Å²) in [7, 11) is -1.43. The van der Waals surface area contributed by atoms with E-state index >= 15 is 0 Å². The summed E-state index contributed by atoms with van der Waals surface area (Å²) < 4.78 is 38.3. The number of aliphatic imine (C=N–C) groups is 1. The van der Waals surface area contributed by atoms with Crippen LogP contribution in [0.2, 0.25) is 5.02 Å². The number of hydrogen-bond acceptors (Lipinski definition) is 3. The van der Waals surface area contributed by atoms with E-state index in [1.807, 2.05) is 13.8 Å². The monoisotopic (exact) mass is 532 g/mol. The summed E-state index contributed by atoms with van der Waals surface area (Å²) in [4.78, 5) is 4.16. The molecule has 154 valence electrons. The topological polar surface area (TPSA) is 73.8 Å². The Kier molecular flexibility index (Phi) is 9.23. The van der Waals surface area contributed by atoms with E-state index in [-0.39, 0.29) is 41.0 Å². The lowest BCUT2D eigenvalue weighted by atomic mass is 9.84. The molecule has 27 heavy (non-hydrogen) atoms. The Labute approximate surface area is 183 Å². The van der Waals surface area contributed by atoms with Crippen LogP contribution in [-0.2, 0) is 15.4 Å². The first-order chi connectivity index (χ1) is 12.2. The summed E-state index contributed by atoms with van der Waals surface area (Å²) in [6.07, 6.45) is 0.682. The number of benzene rings is 1. The lowest BCUT2D eigenvalue weighted by Crippen LogP contribution is -2.45. The number of hydrogen-bond donors (Lipinski definition) is 2. The normalized spacial score (nSPS) is 17.4. The van der Waals surface area contributed by atoms with Gasteiger partial charge in [-0.05, 0) is 24.1 Å². The fourth-order valence-electron chi connectivity index (χ4n) is 2.90. The average molecular weight is 533 g/mol. The van der Waals surface area contributed by atoms with Crippen LogP contribution in [0.1, 0.15) is 25.8 Å². The van der Waals surface area contributed by atoms with Crippen LogP contribution in [0, 0.1) is 5.82 Å². The third-order valence-electron chi connectivity index (χ3n) is 4.44. The van der Waals surface area contributed by atoms with E-state index in [2.05, 4.69) is 15.6 Å². The molecule has 1 aliphatic rings. The molecule has 2 N–H and O–H groups in total. The van der Waals surface area contributed by atoms with Crippen molar-refractivity contribution in [2.24, 2.45) is 4.99 Å². The number of rotatable bonds is 6. The molecular weight excluding hydrogens is 506 g/mol. The molecule has 0 atom stereocenters. The highest BCUT2D eigenvalue weighted by atomic mass is 127. The van der Waals surface area contributed by atoms with Crippen molar-refractivity contribution < 1.29 is 12.8 Å². The van der Waals surface area contributed by atoms with Gasteiger partial charge in [0.15, 0.2) is 5.96 Å². The molecule has 0 radical (unpaired) electrons. The van der Waals surface area contributed by atoms with E-state index in [1.54, 1.807) is 13.1 Å². The van der Waals surface area contributed by atoms with Gasteiger partial charge in [0.2, 0.25) is 10.0 Å². The fourth-order valence-corrected chi connectivity index (χ4v) is 4.85. The lowest BCUT2D eigenvalue weighted by molar-refractivity contribution is 0.444.